The molecule has 0 bridgehead atoms. The molecule has 8 heteroatoms. The van der Waals surface area contributed by atoms with E-state index < -0.39 is 10.1 Å². The SMILES string of the molecule is COc1ccc(C(C#N)=NOS(C)(=O)=O)cc1OC. The Labute approximate surface area is 111 Å². The van der Waals surface area contributed by atoms with E-state index in [0.717, 1.165) is 6.26 Å². The van der Waals surface area contributed by atoms with Crippen LogP contribution < -0.4 is 9.47 Å². The first-order valence-corrected chi connectivity index (χ1v) is 6.82. The van der Waals surface area contributed by atoms with Crippen LogP contribution in [0.3, 0.4) is 0 Å². The average molecular weight is 284 g/mol. The summed E-state index contributed by atoms with van der Waals surface area (Å²) in [7, 11) is -0.842. The minimum Gasteiger partial charge on any atom is -0.493 e. The first-order valence-electron chi connectivity index (χ1n) is 5.00. The fourth-order valence-electron chi connectivity index (χ4n) is 1.23. The lowest BCUT2D eigenvalue weighted by atomic mass is 10.1. The van der Waals surface area contributed by atoms with Crippen LogP contribution in [0.2, 0.25) is 0 Å². The minimum absolute atomic E-state index is 0.189. The summed E-state index contributed by atoms with van der Waals surface area (Å²) in [5, 5.41) is 12.2. The summed E-state index contributed by atoms with van der Waals surface area (Å²) in [4.78, 5) is 0. The van der Waals surface area contributed by atoms with Gasteiger partial charge in [0.05, 0.1) is 20.5 Å². The van der Waals surface area contributed by atoms with Crippen molar-refractivity contribution in [2.24, 2.45) is 5.16 Å². The number of ether oxygens (including phenoxy) is 2. The van der Waals surface area contributed by atoms with E-state index in [2.05, 4.69) is 9.44 Å². The Morgan fingerprint density at radius 1 is 1.26 bits per heavy atom. The van der Waals surface area contributed by atoms with Crippen molar-refractivity contribution in [1.29, 1.82) is 5.26 Å². The van der Waals surface area contributed by atoms with Gasteiger partial charge in [-0.3, -0.25) is 4.28 Å². The van der Waals surface area contributed by atoms with Crippen molar-refractivity contribution in [1.82, 2.24) is 0 Å². The number of oxime groups is 1. The summed E-state index contributed by atoms with van der Waals surface area (Å²) >= 11 is 0. The van der Waals surface area contributed by atoms with Crippen molar-refractivity contribution >= 4 is 15.8 Å². The summed E-state index contributed by atoms with van der Waals surface area (Å²) in [6.07, 6.45) is 0.833. The van der Waals surface area contributed by atoms with Gasteiger partial charge in [0.1, 0.15) is 6.07 Å². The second-order valence-corrected chi connectivity index (χ2v) is 4.96. The van der Waals surface area contributed by atoms with Crippen LogP contribution in [0.4, 0.5) is 0 Å². The number of nitriles is 1. The van der Waals surface area contributed by atoms with Crippen LogP contribution in [0.25, 0.3) is 0 Å². The quantitative estimate of drug-likeness (QED) is 0.588. The van der Waals surface area contributed by atoms with Crippen molar-refractivity contribution in [3.8, 4) is 17.6 Å². The monoisotopic (exact) mass is 284 g/mol. The van der Waals surface area contributed by atoms with Gasteiger partial charge >= 0.3 is 10.1 Å². The highest BCUT2D eigenvalue weighted by Gasteiger charge is 2.11. The maximum atomic E-state index is 10.8. The van der Waals surface area contributed by atoms with Crippen molar-refractivity contribution in [2.45, 2.75) is 0 Å². The smallest absolute Gasteiger partial charge is 0.325 e. The van der Waals surface area contributed by atoms with E-state index in [4.69, 9.17) is 14.7 Å². The summed E-state index contributed by atoms with van der Waals surface area (Å²) in [6, 6.07) is 6.34. The van der Waals surface area contributed by atoms with Gasteiger partial charge in [0.2, 0.25) is 0 Å². The fraction of sp³-hybridized carbons (Fsp3) is 0.273. The van der Waals surface area contributed by atoms with Crippen LogP contribution in [-0.2, 0) is 14.4 Å². The summed E-state index contributed by atoms with van der Waals surface area (Å²) in [5.41, 5.74) is 0.162. The largest absolute Gasteiger partial charge is 0.493 e. The summed E-state index contributed by atoms with van der Waals surface area (Å²) in [6.45, 7) is 0. The predicted octanol–water partition coefficient (Wildman–Crippen LogP) is 0.908. The fourth-order valence-corrected chi connectivity index (χ4v) is 1.44. The molecule has 1 aromatic carbocycles. The second-order valence-electron chi connectivity index (χ2n) is 3.40. The van der Waals surface area contributed by atoms with Crippen LogP contribution in [0.15, 0.2) is 23.4 Å². The molecule has 0 aromatic heterocycles. The summed E-state index contributed by atoms with van der Waals surface area (Å²) < 4.78 is 36.0. The highest BCUT2D eigenvalue weighted by Crippen LogP contribution is 2.27. The molecule has 0 fully saturated rings. The average Bonchev–Trinajstić information content (AvgIpc) is 2.37. The molecule has 1 rings (SSSR count). The Hall–Kier alpha value is -2.27. The third-order valence-electron chi connectivity index (χ3n) is 2.03. The van der Waals surface area contributed by atoms with Gasteiger partial charge in [-0.25, -0.2) is 0 Å². The third-order valence-corrected chi connectivity index (χ3v) is 2.37. The van der Waals surface area contributed by atoms with Gasteiger partial charge in [0, 0.05) is 5.56 Å². The molecular weight excluding hydrogens is 272 g/mol. The molecule has 102 valence electrons. The lowest BCUT2D eigenvalue weighted by Gasteiger charge is -2.08. The molecule has 0 amide bonds. The van der Waals surface area contributed by atoms with E-state index in [-0.39, 0.29) is 5.71 Å². The van der Waals surface area contributed by atoms with Crippen LogP contribution in [0.5, 0.6) is 11.5 Å². The van der Waals surface area contributed by atoms with Crippen LogP contribution in [0, 0.1) is 11.3 Å². The number of methoxy groups -OCH3 is 2. The van der Waals surface area contributed by atoms with Gasteiger partial charge in [-0.2, -0.15) is 13.7 Å². The molecule has 0 unspecified atom stereocenters. The minimum atomic E-state index is -3.76. The molecule has 0 N–H and O–H groups in total. The van der Waals surface area contributed by atoms with Crippen molar-refractivity contribution in [3.63, 3.8) is 0 Å². The lowest BCUT2D eigenvalue weighted by Crippen LogP contribution is -2.04. The molecule has 0 aliphatic carbocycles. The van der Waals surface area contributed by atoms with E-state index in [1.54, 1.807) is 12.1 Å². The van der Waals surface area contributed by atoms with E-state index in [0.29, 0.717) is 17.1 Å². The van der Waals surface area contributed by atoms with Gasteiger partial charge in [-0.15, -0.1) is 0 Å². The topological polar surface area (TPSA) is 98.0 Å². The standard InChI is InChI=1S/C11H12N2O5S/c1-16-10-5-4-8(6-11(10)17-2)9(7-12)13-18-19(3,14)15/h4-6H,1-3H3. The normalized spacial score (nSPS) is 11.6. The molecular formula is C11H12N2O5S. The number of hydrogen-bond acceptors (Lipinski definition) is 7. The molecule has 7 nitrogen and oxygen atoms in total. The van der Waals surface area contributed by atoms with Gasteiger partial charge in [0.15, 0.2) is 17.2 Å². The Morgan fingerprint density at radius 3 is 2.37 bits per heavy atom. The van der Waals surface area contributed by atoms with Gasteiger partial charge in [0.25, 0.3) is 0 Å². The number of hydrogen-bond donors (Lipinski definition) is 0. The highest BCUT2D eigenvalue weighted by atomic mass is 32.2. The maximum absolute atomic E-state index is 10.8. The zero-order valence-corrected chi connectivity index (χ0v) is 11.4. The molecule has 0 saturated heterocycles. The molecule has 0 aliphatic heterocycles. The third kappa shape index (κ3) is 4.15. The highest BCUT2D eigenvalue weighted by molar-refractivity contribution is 7.85. The van der Waals surface area contributed by atoms with E-state index in [9.17, 15) is 8.42 Å². The first kappa shape index (κ1) is 14.8. The number of rotatable bonds is 5. The van der Waals surface area contributed by atoms with Crippen LogP contribution in [0.1, 0.15) is 5.56 Å². The molecule has 1 aromatic rings. The predicted molar refractivity (Wildman–Crippen MR) is 67.6 cm³/mol. The summed E-state index contributed by atoms with van der Waals surface area (Å²) in [5.74, 6) is 0.870. The zero-order chi connectivity index (χ0) is 14.5. The van der Waals surface area contributed by atoms with Gasteiger partial charge < -0.3 is 9.47 Å². The van der Waals surface area contributed by atoms with Crippen LogP contribution in [-0.4, -0.2) is 34.6 Å². The van der Waals surface area contributed by atoms with Gasteiger partial charge in [-0.05, 0) is 18.2 Å². The lowest BCUT2D eigenvalue weighted by molar-refractivity contribution is 0.343. The molecule has 0 spiro atoms. The van der Waals surface area contributed by atoms with Crippen molar-refractivity contribution in [2.75, 3.05) is 20.5 Å². The van der Waals surface area contributed by atoms with Crippen molar-refractivity contribution < 1.29 is 22.2 Å². The Morgan fingerprint density at radius 2 is 1.89 bits per heavy atom. The Bertz CT molecular complexity index is 631. The molecule has 0 atom stereocenters. The van der Waals surface area contributed by atoms with Crippen LogP contribution >= 0.6 is 0 Å². The number of nitrogens with zero attached hydrogens (tertiary/aromatic N) is 2. The van der Waals surface area contributed by atoms with E-state index in [1.165, 1.54) is 26.4 Å². The maximum Gasteiger partial charge on any atom is 0.325 e. The Balaban J connectivity index is 3.17. The molecule has 0 radical (unpaired) electrons. The van der Waals surface area contributed by atoms with Gasteiger partial charge in [-0.1, -0.05) is 5.16 Å². The van der Waals surface area contributed by atoms with E-state index in [1.807, 2.05) is 0 Å². The second kappa shape index (κ2) is 6.06. The number of benzene rings is 1. The molecule has 19 heavy (non-hydrogen) atoms. The van der Waals surface area contributed by atoms with Crippen molar-refractivity contribution in [3.05, 3.63) is 23.8 Å². The molecule has 0 heterocycles. The molecule has 0 saturated carbocycles. The Kier molecular flexibility index (Phi) is 4.72. The first-order chi connectivity index (χ1) is 8.91. The zero-order valence-electron chi connectivity index (χ0n) is 10.6. The molecule has 0 aliphatic rings. The van der Waals surface area contributed by atoms with E-state index >= 15 is 0 Å².